The van der Waals surface area contributed by atoms with Gasteiger partial charge >= 0.3 is 5.97 Å². The van der Waals surface area contributed by atoms with Crippen LogP contribution in [0, 0.1) is 0 Å². The van der Waals surface area contributed by atoms with Crippen LogP contribution in [0.5, 0.6) is 11.5 Å². The van der Waals surface area contributed by atoms with Crippen LogP contribution >= 0.6 is 11.8 Å². The SMILES string of the molecule is O=C(O)c1ccccc1Sc1cccc(O)c1O. The third-order valence-corrected chi connectivity index (χ3v) is 3.44. The molecule has 4 nitrogen and oxygen atoms in total. The highest BCUT2D eigenvalue weighted by atomic mass is 32.2. The Labute approximate surface area is 108 Å². The topological polar surface area (TPSA) is 77.8 Å². The summed E-state index contributed by atoms with van der Waals surface area (Å²) in [5.41, 5.74) is 0.158. The van der Waals surface area contributed by atoms with Crippen molar-refractivity contribution in [2.24, 2.45) is 0 Å². The molecule has 0 aliphatic carbocycles. The molecule has 0 aliphatic rings. The van der Waals surface area contributed by atoms with Crippen LogP contribution in [0.2, 0.25) is 0 Å². The first kappa shape index (κ1) is 12.3. The summed E-state index contributed by atoms with van der Waals surface area (Å²) in [5, 5.41) is 28.1. The van der Waals surface area contributed by atoms with E-state index in [1.807, 2.05) is 0 Å². The molecule has 0 amide bonds. The Morgan fingerprint density at radius 2 is 1.61 bits per heavy atom. The first-order valence-electron chi connectivity index (χ1n) is 5.10. The van der Waals surface area contributed by atoms with E-state index >= 15 is 0 Å². The lowest BCUT2D eigenvalue weighted by Gasteiger charge is -2.07. The standard InChI is InChI=1S/C13H10O4S/c14-9-5-3-7-11(12(9)15)18-10-6-2-1-4-8(10)13(16)17/h1-7,14-15H,(H,16,17). The molecule has 5 heteroatoms. The molecule has 0 fully saturated rings. The minimum atomic E-state index is -1.03. The number of rotatable bonds is 3. The van der Waals surface area contributed by atoms with E-state index in [1.165, 1.54) is 12.1 Å². The van der Waals surface area contributed by atoms with Crippen LogP contribution in [0.15, 0.2) is 52.3 Å². The van der Waals surface area contributed by atoms with Crippen molar-refractivity contribution >= 4 is 17.7 Å². The van der Waals surface area contributed by atoms with Crippen LogP contribution in [-0.2, 0) is 0 Å². The average molecular weight is 262 g/mol. The Bertz CT molecular complexity index is 595. The number of hydrogen-bond acceptors (Lipinski definition) is 4. The Morgan fingerprint density at radius 3 is 2.33 bits per heavy atom. The smallest absolute Gasteiger partial charge is 0.336 e. The van der Waals surface area contributed by atoms with Crippen molar-refractivity contribution in [2.75, 3.05) is 0 Å². The number of aromatic carboxylic acids is 1. The minimum Gasteiger partial charge on any atom is -0.504 e. The second-order valence-corrected chi connectivity index (χ2v) is 4.61. The van der Waals surface area contributed by atoms with Crippen molar-refractivity contribution < 1.29 is 20.1 Å². The van der Waals surface area contributed by atoms with Gasteiger partial charge in [-0.1, -0.05) is 30.0 Å². The number of hydrogen-bond donors (Lipinski definition) is 3. The van der Waals surface area contributed by atoms with Crippen LogP contribution < -0.4 is 0 Å². The second-order valence-electron chi connectivity index (χ2n) is 3.53. The Morgan fingerprint density at radius 1 is 0.944 bits per heavy atom. The van der Waals surface area contributed by atoms with Crippen molar-refractivity contribution in [1.82, 2.24) is 0 Å². The summed E-state index contributed by atoms with van der Waals surface area (Å²) in [6.07, 6.45) is 0. The number of carbonyl (C=O) groups is 1. The molecule has 0 heterocycles. The molecule has 2 aromatic carbocycles. The molecule has 0 unspecified atom stereocenters. The van der Waals surface area contributed by atoms with Gasteiger partial charge in [-0.05, 0) is 24.3 Å². The number of phenolic OH excluding ortho intramolecular Hbond substituents is 2. The van der Waals surface area contributed by atoms with Crippen molar-refractivity contribution in [1.29, 1.82) is 0 Å². The van der Waals surface area contributed by atoms with Crippen LogP contribution in [0.1, 0.15) is 10.4 Å². The van der Waals surface area contributed by atoms with Crippen LogP contribution in [-0.4, -0.2) is 21.3 Å². The third-order valence-electron chi connectivity index (χ3n) is 2.32. The van der Waals surface area contributed by atoms with Gasteiger partial charge < -0.3 is 15.3 Å². The molecule has 0 saturated carbocycles. The first-order chi connectivity index (χ1) is 8.59. The summed E-state index contributed by atoms with van der Waals surface area (Å²) in [7, 11) is 0. The maximum absolute atomic E-state index is 11.0. The highest BCUT2D eigenvalue weighted by Gasteiger charge is 2.13. The Balaban J connectivity index is 2.40. The molecule has 0 bridgehead atoms. The average Bonchev–Trinajstić information content (AvgIpc) is 2.35. The fourth-order valence-electron chi connectivity index (χ4n) is 1.44. The fourth-order valence-corrected chi connectivity index (χ4v) is 2.44. The third kappa shape index (κ3) is 2.41. The van der Waals surface area contributed by atoms with Gasteiger partial charge in [0, 0.05) is 4.90 Å². The zero-order valence-electron chi connectivity index (χ0n) is 9.20. The van der Waals surface area contributed by atoms with E-state index in [4.69, 9.17) is 5.11 Å². The predicted octanol–water partition coefficient (Wildman–Crippen LogP) is 2.95. The Kier molecular flexibility index (Phi) is 3.43. The van der Waals surface area contributed by atoms with E-state index in [-0.39, 0.29) is 17.1 Å². The van der Waals surface area contributed by atoms with Crippen LogP contribution in [0.25, 0.3) is 0 Å². The fraction of sp³-hybridized carbons (Fsp3) is 0. The number of carboxylic acids is 1. The molecule has 0 radical (unpaired) electrons. The highest BCUT2D eigenvalue weighted by molar-refractivity contribution is 7.99. The largest absolute Gasteiger partial charge is 0.504 e. The van der Waals surface area contributed by atoms with E-state index in [2.05, 4.69) is 0 Å². The maximum atomic E-state index is 11.0. The zero-order chi connectivity index (χ0) is 13.1. The molecule has 2 rings (SSSR count). The highest BCUT2D eigenvalue weighted by Crippen LogP contribution is 2.40. The van der Waals surface area contributed by atoms with Gasteiger partial charge in [-0.2, -0.15) is 0 Å². The summed E-state index contributed by atoms with van der Waals surface area (Å²) >= 11 is 1.09. The summed E-state index contributed by atoms with van der Waals surface area (Å²) < 4.78 is 0. The molecule has 18 heavy (non-hydrogen) atoms. The van der Waals surface area contributed by atoms with E-state index in [1.54, 1.807) is 30.3 Å². The van der Waals surface area contributed by atoms with Gasteiger partial charge in [0.05, 0.1) is 10.5 Å². The van der Waals surface area contributed by atoms with Crippen molar-refractivity contribution in [3.8, 4) is 11.5 Å². The van der Waals surface area contributed by atoms with Crippen molar-refractivity contribution in [3.63, 3.8) is 0 Å². The van der Waals surface area contributed by atoms with Gasteiger partial charge in [0.25, 0.3) is 0 Å². The van der Waals surface area contributed by atoms with Gasteiger partial charge in [0.15, 0.2) is 11.5 Å². The maximum Gasteiger partial charge on any atom is 0.336 e. The monoisotopic (exact) mass is 262 g/mol. The van der Waals surface area contributed by atoms with Gasteiger partial charge in [-0.15, -0.1) is 0 Å². The number of phenols is 2. The molecule has 0 saturated heterocycles. The molecule has 0 spiro atoms. The number of aromatic hydroxyl groups is 2. The first-order valence-corrected chi connectivity index (χ1v) is 5.92. The zero-order valence-corrected chi connectivity index (χ0v) is 10.0. The van der Waals surface area contributed by atoms with Gasteiger partial charge in [-0.25, -0.2) is 4.79 Å². The predicted molar refractivity (Wildman–Crippen MR) is 67.3 cm³/mol. The number of benzene rings is 2. The lowest BCUT2D eigenvalue weighted by Crippen LogP contribution is -1.97. The molecular formula is C13H10O4S. The van der Waals surface area contributed by atoms with Crippen LogP contribution in [0.4, 0.5) is 0 Å². The molecule has 0 aliphatic heterocycles. The molecule has 0 atom stereocenters. The molecule has 0 aromatic heterocycles. The minimum absolute atomic E-state index is 0.158. The quantitative estimate of drug-likeness (QED) is 0.741. The van der Waals surface area contributed by atoms with Crippen LogP contribution in [0.3, 0.4) is 0 Å². The molecule has 2 aromatic rings. The summed E-state index contributed by atoms with van der Waals surface area (Å²) in [4.78, 5) is 12.0. The number of para-hydroxylation sites is 1. The lowest BCUT2D eigenvalue weighted by atomic mass is 10.2. The normalized spacial score (nSPS) is 10.2. The van der Waals surface area contributed by atoms with E-state index < -0.39 is 5.97 Å². The summed E-state index contributed by atoms with van der Waals surface area (Å²) in [6, 6.07) is 11.0. The summed E-state index contributed by atoms with van der Waals surface area (Å²) in [6.45, 7) is 0. The van der Waals surface area contributed by atoms with E-state index in [9.17, 15) is 15.0 Å². The van der Waals surface area contributed by atoms with Gasteiger partial charge in [-0.3, -0.25) is 0 Å². The lowest BCUT2D eigenvalue weighted by molar-refractivity contribution is 0.0693. The molecule has 3 N–H and O–H groups in total. The van der Waals surface area contributed by atoms with E-state index in [0.29, 0.717) is 9.79 Å². The Hall–Kier alpha value is -2.14. The number of carboxylic acid groups (broad SMARTS) is 1. The molecule has 92 valence electrons. The van der Waals surface area contributed by atoms with E-state index in [0.717, 1.165) is 11.8 Å². The summed E-state index contributed by atoms with van der Waals surface area (Å²) in [5.74, 6) is -1.51. The van der Waals surface area contributed by atoms with Crippen molar-refractivity contribution in [2.45, 2.75) is 9.79 Å². The van der Waals surface area contributed by atoms with Crippen molar-refractivity contribution in [3.05, 3.63) is 48.0 Å². The van der Waals surface area contributed by atoms with Gasteiger partial charge in [0.2, 0.25) is 0 Å². The second kappa shape index (κ2) is 5.01. The van der Waals surface area contributed by atoms with Gasteiger partial charge in [0.1, 0.15) is 0 Å². The molecular weight excluding hydrogens is 252 g/mol.